The Morgan fingerprint density at radius 3 is 2.71 bits per heavy atom. The monoisotopic (exact) mass is 363 g/mol. The maximum atomic E-state index is 5.93. The van der Waals surface area contributed by atoms with Crippen LogP contribution in [0.4, 0.5) is 0 Å². The Hall–Kier alpha value is -1.39. The maximum Gasteiger partial charge on any atom is 0.164 e. The molecule has 0 radical (unpaired) electrons. The maximum absolute atomic E-state index is 5.93. The molecule has 2 aromatic heterocycles. The number of halogens is 2. The van der Waals surface area contributed by atoms with Crippen LogP contribution in [-0.4, -0.2) is 20.4 Å². The molecule has 5 heteroatoms. The number of hydrogen-bond acceptors (Lipinski definition) is 2. The normalized spacial score (nSPS) is 11.2. The van der Waals surface area contributed by atoms with Crippen LogP contribution in [0.2, 0.25) is 0 Å². The van der Waals surface area contributed by atoms with E-state index in [1.807, 2.05) is 6.07 Å². The molecule has 0 unspecified atom stereocenters. The van der Waals surface area contributed by atoms with Crippen LogP contribution in [0.25, 0.3) is 16.9 Å². The summed E-state index contributed by atoms with van der Waals surface area (Å²) in [7, 11) is 0. The molecule has 0 bridgehead atoms. The largest absolute Gasteiger partial charge is 0.281 e. The number of imidazole rings is 1. The zero-order chi connectivity index (χ0) is 15.0. The molecule has 0 spiro atoms. The highest BCUT2D eigenvalue weighted by molar-refractivity contribution is 9.10. The number of pyridine rings is 1. The molecule has 2 heterocycles. The molecule has 0 saturated heterocycles. The highest BCUT2D eigenvalue weighted by Crippen LogP contribution is 2.24. The third-order valence-electron chi connectivity index (χ3n) is 3.60. The molecule has 3 aromatic rings. The molecule has 0 aliphatic carbocycles. The van der Waals surface area contributed by atoms with Crippen LogP contribution in [0.1, 0.15) is 17.0 Å². The van der Waals surface area contributed by atoms with Gasteiger partial charge in [-0.15, -0.1) is 11.6 Å². The lowest BCUT2D eigenvalue weighted by Crippen LogP contribution is -2.03. The molecule has 21 heavy (non-hydrogen) atoms. The first kappa shape index (κ1) is 14.5. The Morgan fingerprint density at radius 2 is 2.00 bits per heavy atom. The molecule has 0 N–H and O–H groups in total. The van der Waals surface area contributed by atoms with Crippen molar-refractivity contribution in [3.8, 4) is 5.69 Å². The van der Waals surface area contributed by atoms with E-state index in [-0.39, 0.29) is 0 Å². The topological polar surface area (TPSA) is 30.7 Å². The molecule has 3 rings (SSSR count). The zero-order valence-corrected chi connectivity index (χ0v) is 14.2. The van der Waals surface area contributed by atoms with Gasteiger partial charge in [0, 0.05) is 28.7 Å². The van der Waals surface area contributed by atoms with Crippen molar-refractivity contribution < 1.29 is 0 Å². The molecular weight excluding hydrogens is 350 g/mol. The van der Waals surface area contributed by atoms with Crippen molar-refractivity contribution >= 4 is 38.7 Å². The molecule has 0 fully saturated rings. The number of rotatable bonds is 3. The third kappa shape index (κ3) is 2.70. The highest BCUT2D eigenvalue weighted by Gasteiger charge is 2.14. The van der Waals surface area contributed by atoms with Gasteiger partial charge in [0.15, 0.2) is 5.65 Å². The van der Waals surface area contributed by atoms with Crippen molar-refractivity contribution in [3.05, 3.63) is 51.9 Å². The van der Waals surface area contributed by atoms with Gasteiger partial charge in [-0.3, -0.25) is 4.57 Å². The average molecular weight is 365 g/mol. The quantitative estimate of drug-likeness (QED) is 0.637. The Balaban J connectivity index is 2.27. The molecular formula is C16H15BrClN3. The lowest BCUT2D eigenvalue weighted by atomic mass is 10.1. The van der Waals surface area contributed by atoms with Crippen molar-refractivity contribution in [2.24, 2.45) is 0 Å². The second-order valence-corrected chi connectivity index (χ2v) is 6.36. The van der Waals surface area contributed by atoms with Crippen LogP contribution in [0.5, 0.6) is 0 Å². The average Bonchev–Trinajstić information content (AvgIpc) is 2.79. The summed E-state index contributed by atoms with van der Waals surface area (Å²) in [5, 5.41) is 0. The first-order valence-corrected chi connectivity index (χ1v) is 8.09. The van der Waals surface area contributed by atoms with Crippen LogP contribution in [0.15, 0.2) is 34.9 Å². The lowest BCUT2D eigenvalue weighted by Gasteiger charge is -2.10. The Morgan fingerprint density at radius 1 is 1.19 bits per heavy atom. The van der Waals surface area contributed by atoms with Crippen molar-refractivity contribution in [1.82, 2.24) is 14.5 Å². The number of nitrogens with zero attached hydrogens (tertiary/aromatic N) is 3. The molecule has 0 amide bonds. The van der Waals surface area contributed by atoms with Gasteiger partial charge >= 0.3 is 0 Å². The van der Waals surface area contributed by atoms with Gasteiger partial charge in [-0.05, 0) is 59.1 Å². The van der Waals surface area contributed by atoms with E-state index in [0.717, 1.165) is 27.1 Å². The number of fused-ring (bicyclic) bond motifs is 1. The van der Waals surface area contributed by atoms with E-state index in [2.05, 4.69) is 62.5 Å². The smallest absolute Gasteiger partial charge is 0.164 e. The van der Waals surface area contributed by atoms with Crippen molar-refractivity contribution in [2.75, 3.05) is 5.88 Å². The SMILES string of the molecule is Cc1ccc(-n2c(CCCl)nc3cc(Br)cnc32)cc1C. The number of benzene rings is 1. The van der Waals surface area contributed by atoms with E-state index in [1.165, 1.54) is 11.1 Å². The number of aryl methyl sites for hydroxylation is 3. The lowest BCUT2D eigenvalue weighted by molar-refractivity contribution is 0.903. The Labute approximate surface area is 137 Å². The van der Waals surface area contributed by atoms with E-state index in [4.69, 9.17) is 11.6 Å². The molecule has 0 aliphatic heterocycles. The Kier molecular flexibility index (Phi) is 4.00. The van der Waals surface area contributed by atoms with E-state index in [9.17, 15) is 0 Å². The van der Waals surface area contributed by atoms with Crippen molar-refractivity contribution in [1.29, 1.82) is 0 Å². The minimum absolute atomic E-state index is 0.537. The van der Waals surface area contributed by atoms with Crippen molar-refractivity contribution in [3.63, 3.8) is 0 Å². The molecule has 0 aliphatic rings. The third-order valence-corrected chi connectivity index (χ3v) is 4.22. The predicted molar refractivity (Wildman–Crippen MR) is 90.5 cm³/mol. The number of aromatic nitrogens is 3. The standard InChI is InChI=1S/C16H15BrClN3/c1-10-3-4-13(7-11(10)2)21-15(5-6-18)20-14-8-12(17)9-19-16(14)21/h3-4,7-9H,5-6H2,1-2H3. The second kappa shape index (κ2) is 5.78. The molecule has 0 atom stereocenters. The van der Waals surface area contributed by atoms with Gasteiger partial charge in [-0.25, -0.2) is 9.97 Å². The fourth-order valence-electron chi connectivity index (χ4n) is 2.38. The number of hydrogen-bond donors (Lipinski definition) is 0. The first-order chi connectivity index (χ1) is 10.1. The minimum atomic E-state index is 0.537. The van der Waals surface area contributed by atoms with Crippen LogP contribution in [0.3, 0.4) is 0 Å². The van der Waals surface area contributed by atoms with Crippen molar-refractivity contribution in [2.45, 2.75) is 20.3 Å². The van der Waals surface area contributed by atoms with E-state index >= 15 is 0 Å². The molecule has 0 saturated carbocycles. The van der Waals surface area contributed by atoms with Gasteiger partial charge in [-0.1, -0.05) is 6.07 Å². The van der Waals surface area contributed by atoms with Crippen LogP contribution >= 0.6 is 27.5 Å². The highest BCUT2D eigenvalue weighted by atomic mass is 79.9. The fraction of sp³-hybridized carbons (Fsp3) is 0.250. The molecule has 3 nitrogen and oxygen atoms in total. The second-order valence-electron chi connectivity index (χ2n) is 5.07. The van der Waals surface area contributed by atoms with Gasteiger partial charge in [0.25, 0.3) is 0 Å². The van der Waals surface area contributed by atoms with Gasteiger partial charge in [0.1, 0.15) is 11.3 Å². The van der Waals surface area contributed by atoms with Gasteiger partial charge < -0.3 is 0 Å². The van der Waals surface area contributed by atoms with E-state index in [0.29, 0.717) is 12.3 Å². The van der Waals surface area contributed by atoms with Gasteiger partial charge in [-0.2, -0.15) is 0 Å². The van der Waals surface area contributed by atoms with E-state index in [1.54, 1.807) is 6.20 Å². The predicted octanol–water partition coefficient (Wildman–Crippen LogP) is 4.58. The van der Waals surface area contributed by atoms with Crippen LogP contribution < -0.4 is 0 Å². The summed E-state index contributed by atoms with van der Waals surface area (Å²) in [6, 6.07) is 8.38. The summed E-state index contributed by atoms with van der Waals surface area (Å²) in [5.41, 5.74) is 5.35. The first-order valence-electron chi connectivity index (χ1n) is 6.76. The summed E-state index contributed by atoms with van der Waals surface area (Å²) in [5.74, 6) is 1.48. The molecule has 108 valence electrons. The Bertz CT molecular complexity index is 811. The van der Waals surface area contributed by atoms with E-state index < -0.39 is 0 Å². The fourth-order valence-corrected chi connectivity index (χ4v) is 2.86. The summed E-state index contributed by atoms with van der Waals surface area (Å²) < 4.78 is 3.02. The van der Waals surface area contributed by atoms with Gasteiger partial charge in [0.2, 0.25) is 0 Å². The minimum Gasteiger partial charge on any atom is -0.281 e. The number of alkyl halides is 1. The zero-order valence-electron chi connectivity index (χ0n) is 11.9. The summed E-state index contributed by atoms with van der Waals surface area (Å²) in [6.45, 7) is 4.23. The molecule has 1 aromatic carbocycles. The van der Waals surface area contributed by atoms with Crippen LogP contribution in [0, 0.1) is 13.8 Å². The van der Waals surface area contributed by atoms with Crippen LogP contribution in [-0.2, 0) is 6.42 Å². The summed E-state index contributed by atoms with van der Waals surface area (Å²) in [4.78, 5) is 9.20. The van der Waals surface area contributed by atoms with Gasteiger partial charge in [0.05, 0.1) is 0 Å². The summed E-state index contributed by atoms with van der Waals surface area (Å²) in [6.07, 6.45) is 2.51. The summed E-state index contributed by atoms with van der Waals surface area (Å²) >= 11 is 9.37.